The molecule has 21 heavy (non-hydrogen) atoms. The molecule has 5 heteroatoms. The van der Waals surface area contributed by atoms with E-state index in [-0.39, 0.29) is 6.04 Å². The van der Waals surface area contributed by atoms with E-state index in [9.17, 15) is 0 Å². The topological polar surface area (TPSA) is 63.9 Å². The summed E-state index contributed by atoms with van der Waals surface area (Å²) < 4.78 is 5.53. The number of benzene rings is 1. The van der Waals surface area contributed by atoms with Gasteiger partial charge in [0, 0.05) is 17.4 Å². The van der Waals surface area contributed by atoms with Crippen LogP contribution in [-0.2, 0) is 0 Å². The van der Waals surface area contributed by atoms with Crippen molar-refractivity contribution >= 4 is 22.8 Å². The van der Waals surface area contributed by atoms with Crippen LogP contribution in [-0.4, -0.2) is 27.9 Å². The van der Waals surface area contributed by atoms with Crippen LogP contribution in [0.15, 0.2) is 23.4 Å². The second-order valence-electron chi connectivity index (χ2n) is 5.89. The first kappa shape index (κ1) is 14.7. The van der Waals surface area contributed by atoms with E-state index in [1.54, 1.807) is 11.8 Å². The van der Waals surface area contributed by atoms with Gasteiger partial charge in [-0.3, -0.25) is 0 Å². The number of nitrogens with one attached hydrogen (secondary N) is 1. The van der Waals surface area contributed by atoms with Crippen LogP contribution in [0.3, 0.4) is 0 Å². The molecule has 1 saturated carbocycles. The second-order valence-corrected chi connectivity index (χ2v) is 7.12. The van der Waals surface area contributed by atoms with Gasteiger partial charge < -0.3 is 15.5 Å². The summed E-state index contributed by atoms with van der Waals surface area (Å²) in [6, 6.07) is 6.26. The molecule has 1 heterocycles. The normalized spacial score (nSPS) is 26.1. The Balaban J connectivity index is 1.77. The number of nitrogens with zero attached hydrogens (tertiary/aromatic N) is 1. The maximum Gasteiger partial charge on any atom is 0.166 e. The van der Waals surface area contributed by atoms with E-state index in [1.165, 1.54) is 12.8 Å². The number of H-pyrrole nitrogens is 1. The minimum absolute atomic E-state index is 0.276. The van der Waals surface area contributed by atoms with Gasteiger partial charge in [-0.15, -0.1) is 0 Å². The first-order valence-electron chi connectivity index (χ1n) is 7.70. The summed E-state index contributed by atoms with van der Waals surface area (Å²) in [6.07, 6.45) is 3.54. The smallest absolute Gasteiger partial charge is 0.166 e. The molecule has 1 aliphatic carbocycles. The van der Waals surface area contributed by atoms with Crippen LogP contribution < -0.4 is 10.5 Å². The molecule has 0 aliphatic heterocycles. The van der Waals surface area contributed by atoms with E-state index in [0.29, 0.717) is 11.9 Å². The Bertz CT molecular complexity index is 613. The number of rotatable bonds is 4. The fourth-order valence-corrected chi connectivity index (χ4v) is 4.25. The van der Waals surface area contributed by atoms with Gasteiger partial charge in [-0.1, -0.05) is 18.7 Å². The summed E-state index contributed by atoms with van der Waals surface area (Å²) in [4.78, 5) is 8.06. The van der Waals surface area contributed by atoms with E-state index < -0.39 is 0 Å². The molecule has 114 valence electrons. The maximum atomic E-state index is 6.26. The Morgan fingerprint density at radius 3 is 3.10 bits per heavy atom. The molecule has 0 amide bonds. The van der Waals surface area contributed by atoms with Gasteiger partial charge in [0.1, 0.15) is 5.75 Å². The number of fused-ring (bicyclic) bond motifs is 1. The van der Waals surface area contributed by atoms with Crippen molar-refractivity contribution in [2.24, 2.45) is 11.7 Å². The van der Waals surface area contributed by atoms with E-state index in [1.807, 2.05) is 25.1 Å². The van der Waals surface area contributed by atoms with Crippen molar-refractivity contribution in [3.05, 3.63) is 18.2 Å². The van der Waals surface area contributed by atoms with Gasteiger partial charge in [-0.25, -0.2) is 4.98 Å². The molecule has 3 unspecified atom stereocenters. The highest BCUT2D eigenvalue weighted by Crippen LogP contribution is 2.35. The fraction of sp³-hybridized carbons (Fsp3) is 0.562. The molecule has 3 N–H and O–H groups in total. The van der Waals surface area contributed by atoms with E-state index in [0.717, 1.165) is 34.3 Å². The van der Waals surface area contributed by atoms with Gasteiger partial charge in [0.25, 0.3) is 0 Å². The third kappa shape index (κ3) is 3.35. The second kappa shape index (κ2) is 6.28. The molecule has 3 rings (SSSR count). The van der Waals surface area contributed by atoms with Crippen LogP contribution in [0, 0.1) is 5.92 Å². The van der Waals surface area contributed by atoms with Crippen molar-refractivity contribution in [3.63, 3.8) is 0 Å². The average Bonchev–Trinajstić information content (AvgIpc) is 2.85. The molecular formula is C16H23N3OS. The highest BCUT2D eigenvalue weighted by atomic mass is 32.2. The summed E-state index contributed by atoms with van der Waals surface area (Å²) in [5, 5.41) is 1.42. The highest BCUT2D eigenvalue weighted by molar-refractivity contribution is 7.99. The van der Waals surface area contributed by atoms with Crippen molar-refractivity contribution in [2.75, 3.05) is 6.61 Å². The molecule has 1 aromatic heterocycles. The van der Waals surface area contributed by atoms with Crippen molar-refractivity contribution in [3.8, 4) is 5.75 Å². The van der Waals surface area contributed by atoms with Gasteiger partial charge in [0.15, 0.2) is 5.16 Å². The molecule has 2 aromatic rings. The summed E-state index contributed by atoms with van der Waals surface area (Å²) in [5.41, 5.74) is 8.28. The van der Waals surface area contributed by atoms with Crippen LogP contribution in [0.4, 0.5) is 0 Å². The summed E-state index contributed by atoms with van der Waals surface area (Å²) >= 11 is 1.79. The van der Waals surface area contributed by atoms with Crippen LogP contribution in [0.1, 0.15) is 33.1 Å². The summed E-state index contributed by atoms with van der Waals surface area (Å²) in [5.74, 6) is 1.64. The highest BCUT2D eigenvalue weighted by Gasteiger charge is 2.27. The van der Waals surface area contributed by atoms with Crippen LogP contribution in [0.25, 0.3) is 11.0 Å². The molecule has 0 bridgehead atoms. The molecule has 0 spiro atoms. The zero-order chi connectivity index (χ0) is 14.8. The van der Waals surface area contributed by atoms with E-state index in [4.69, 9.17) is 10.5 Å². The lowest BCUT2D eigenvalue weighted by molar-refractivity contribution is 0.340. The summed E-state index contributed by atoms with van der Waals surface area (Å²) in [6.45, 7) is 4.98. The SMILES string of the molecule is CCOc1ccc2nc(SC3CC(C)CCC3N)[nH]c2c1. The molecule has 0 saturated heterocycles. The molecule has 3 atom stereocenters. The largest absolute Gasteiger partial charge is 0.494 e. The fourth-order valence-electron chi connectivity index (χ4n) is 2.91. The Morgan fingerprint density at radius 2 is 2.29 bits per heavy atom. The number of aromatic amines is 1. The van der Waals surface area contributed by atoms with Crippen molar-refractivity contribution in [1.29, 1.82) is 0 Å². The predicted molar refractivity (Wildman–Crippen MR) is 87.9 cm³/mol. The number of nitrogens with two attached hydrogens (primary N) is 1. The number of aromatic nitrogens is 2. The Labute approximate surface area is 129 Å². The Hall–Kier alpha value is -1.20. The standard InChI is InChI=1S/C16H23N3OS/c1-3-20-11-5-7-13-14(9-11)19-16(18-13)21-15-8-10(2)4-6-12(15)17/h5,7,9-10,12,15H,3-4,6,8,17H2,1-2H3,(H,18,19). The lowest BCUT2D eigenvalue weighted by atomic mass is 9.87. The van der Waals surface area contributed by atoms with Crippen molar-refractivity contribution in [1.82, 2.24) is 9.97 Å². The predicted octanol–water partition coefficient (Wildman–Crippen LogP) is 3.57. The molecule has 4 nitrogen and oxygen atoms in total. The number of hydrogen-bond donors (Lipinski definition) is 2. The molecule has 1 aromatic carbocycles. The monoisotopic (exact) mass is 305 g/mol. The first-order chi connectivity index (χ1) is 10.2. The third-order valence-electron chi connectivity index (χ3n) is 4.11. The Kier molecular flexibility index (Phi) is 4.40. The zero-order valence-corrected chi connectivity index (χ0v) is 13.5. The minimum Gasteiger partial charge on any atom is -0.494 e. The molecule has 1 aliphatic rings. The molecule has 1 fully saturated rings. The quantitative estimate of drug-likeness (QED) is 0.906. The van der Waals surface area contributed by atoms with Crippen molar-refractivity contribution < 1.29 is 4.74 Å². The molecular weight excluding hydrogens is 282 g/mol. The average molecular weight is 305 g/mol. The van der Waals surface area contributed by atoms with Gasteiger partial charge >= 0.3 is 0 Å². The van der Waals surface area contributed by atoms with Crippen LogP contribution in [0.2, 0.25) is 0 Å². The maximum absolute atomic E-state index is 6.26. The van der Waals surface area contributed by atoms with E-state index in [2.05, 4.69) is 16.9 Å². The van der Waals surface area contributed by atoms with Gasteiger partial charge in [-0.05, 0) is 44.2 Å². The Morgan fingerprint density at radius 1 is 1.43 bits per heavy atom. The van der Waals surface area contributed by atoms with E-state index >= 15 is 0 Å². The lowest BCUT2D eigenvalue weighted by Gasteiger charge is -2.31. The molecule has 0 radical (unpaired) electrons. The third-order valence-corrected chi connectivity index (χ3v) is 5.37. The number of ether oxygens (including phenoxy) is 1. The minimum atomic E-state index is 0.276. The number of imidazole rings is 1. The van der Waals surface area contributed by atoms with Crippen molar-refractivity contribution in [2.45, 2.75) is 49.6 Å². The lowest BCUT2D eigenvalue weighted by Crippen LogP contribution is -2.37. The summed E-state index contributed by atoms with van der Waals surface area (Å²) in [7, 11) is 0. The first-order valence-corrected chi connectivity index (χ1v) is 8.58. The van der Waals surface area contributed by atoms with Gasteiger partial charge in [0.2, 0.25) is 0 Å². The van der Waals surface area contributed by atoms with Gasteiger partial charge in [-0.2, -0.15) is 0 Å². The zero-order valence-electron chi connectivity index (χ0n) is 12.6. The van der Waals surface area contributed by atoms with Crippen LogP contribution in [0.5, 0.6) is 5.75 Å². The number of thioether (sulfide) groups is 1. The number of hydrogen-bond acceptors (Lipinski definition) is 4. The van der Waals surface area contributed by atoms with Crippen LogP contribution >= 0.6 is 11.8 Å². The van der Waals surface area contributed by atoms with Gasteiger partial charge in [0.05, 0.1) is 17.6 Å².